The lowest BCUT2D eigenvalue weighted by atomic mass is 9.95. The van der Waals surface area contributed by atoms with Crippen molar-refractivity contribution in [3.63, 3.8) is 0 Å². The molecule has 1 aliphatic rings. The molecular formula is C13H13NO. The molecule has 2 heteroatoms. The third kappa shape index (κ3) is 2.19. The number of benzene rings is 1. The Kier molecular flexibility index (Phi) is 2.73. The number of primary amides is 1. The number of rotatable bonds is 1. The molecule has 76 valence electrons. The quantitative estimate of drug-likeness (QED) is 0.687. The largest absolute Gasteiger partial charge is 0.366 e. The van der Waals surface area contributed by atoms with Gasteiger partial charge in [-0.05, 0) is 36.1 Å². The summed E-state index contributed by atoms with van der Waals surface area (Å²) in [6, 6.07) is 5.71. The molecule has 1 aromatic rings. The standard InChI is InChI=1S/C13H13NO/c14-13(15)12-8-7-10-5-3-1-2-4-6-11(10)9-12/h7-9H,3-6H2,(H2,14,15). The van der Waals surface area contributed by atoms with Crippen LogP contribution in [0, 0.1) is 11.8 Å². The van der Waals surface area contributed by atoms with Gasteiger partial charge < -0.3 is 5.73 Å². The summed E-state index contributed by atoms with van der Waals surface area (Å²) in [5, 5.41) is 0. The molecular weight excluding hydrogens is 186 g/mol. The second-order valence-electron chi connectivity index (χ2n) is 3.70. The van der Waals surface area contributed by atoms with Crippen molar-refractivity contribution in [3.05, 3.63) is 34.9 Å². The summed E-state index contributed by atoms with van der Waals surface area (Å²) in [7, 11) is 0. The van der Waals surface area contributed by atoms with Crippen LogP contribution in [0.2, 0.25) is 0 Å². The topological polar surface area (TPSA) is 43.1 Å². The van der Waals surface area contributed by atoms with Gasteiger partial charge in [0, 0.05) is 18.4 Å². The fraction of sp³-hybridized carbons (Fsp3) is 0.308. The minimum atomic E-state index is -0.356. The van der Waals surface area contributed by atoms with Crippen molar-refractivity contribution in [2.75, 3.05) is 0 Å². The predicted molar refractivity (Wildman–Crippen MR) is 59.4 cm³/mol. The highest BCUT2D eigenvalue weighted by molar-refractivity contribution is 5.93. The Hall–Kier alpha value is -1.75. The van der Waals surface area contributed by atoms with Crippen LogP contribution in [0.15, 0.2) is 18.2 Å². The van der Waals surface area contributed by atoms with E-state index in [2.05, 4.69) is 11.8 Å². The second kappa shape index (κ2) is 4.18. The zero-order chi connectivity index (χ0) is 10.7. The first-order valence-corrected chi connectivity index (χ1v) is 5.15. The fourth-order valence-electron chi connectivity index (χ4n) is 1.83. The van der Waals surface area contributed by atoms with E-state index in [9.17, 15) is 4.79 Å². The lowest BCUT2D eigenvalue weighted by molar-refractivity contribution is 0.1000. The van der Waals surface area contributed by atoms with Crippen LogP contribution in [0.1, 0.15) is 34.3 Å². The van der Waals surface area contributed by atoms with Gasteiger partial charge in [-0.15, -0.1) is 11.8 Å². The Morgan fingerprint density at radius 3 is 2.47 bits per heavy atom. The van der Waals surface area contributed by atoms with Gasteiger partial charge in [-0.1, -0.05) is 6.07 Å². The molecule has 0 fully saturated rings. The zero-order valence-electron chi connectivity index (χ0n) is 8.55. The van der Waals surface area contributed by atoms with Crippen molar-refractivity contribution in [1.82, 2.24) is 0 Å². The van der Waals surface area contributed by atoms with Crippen LogP contribution in [0.3, 0.4) is 0 Å². The Morgan fingerprint density at radius 1 is 1.13 bits per heavy atom. The summed E-state index contributed by atoms with van der Waals surface area (Å²) >= 11 is 0. The summed E-state index contributed by atoms with van der Waals surface area (Å²) < 4.78 is 0. The van der Waals surface area contributed by atoms with Crippen LogP contribution < -0.4 is 5.73 Å². The normalized spacial score (nSPS) is 14.1. The first kappa shape index (κ1) is 9.79. The van der Waals surface area contributed by atoms with Gasteiger partial charge in [0.1, 0.15) is 0 Å². The highest BCUT2D eigenvalue weighted by Crippen LogP contribution is 2.17. The van der Waals surface area contributed by atoms with Crippen molar-refractivity contribution >= 4 is 5.91 Å². The van der Waals surface area contributed by atoms with E-state index in [1.807, 2.05) is 12.1 Å². The molecule has 0 radical (unpaired) electrons. The summed E-state index contributed by atoms with van der Waals surface area (Å²) in [4.78, 5) is 11.0. The number of nitrogens with two attached hydrogens (primary N) is 1. The van der Waals surface area contributed by atoms with Gasteiger partial charge in [0.25, 0.3) is 0 Å². The fourth-order valence-corrected chi connectivity index (χ4v) is 1.83. The van der Waals surface area contributed by atoms with E-state index < -0.39 is 0 Å². The highest BCUT2D eigenvalue weighted by Gasteiger charge is 2.07. The van der Waals surface area contributed by atoms with Gasteiger partial charge in [-0.3, -0.25) is 4.79 Å². The molecule has 1 aliphatic carbocycles. The minimum absolute atomic E-state index is 0.356. The molecule has 0 spiro atoms. The second-order valence-corrected chi connectivity index (χ2v) is 3.70. The first-order valence-electron chi connectivity index (χ1n) is 5.15. The molecule has 0 saturated heterocycles. The van der Waals surface area contributed by atoms with E-state index in [1.54, 1.807) is 6.07 Å². The number of hydrogen-bond acceptors (Lipinski definition) is 1. The lowest BCUT2D eigenvalue weighted by Crippen LogP contribution is -2.12. The summed E-state index contributed by atoms with van der Waals surface area (Å²) in [6.07, 6.45) is 3.67. The molecule has 1 amide bonds. The summed E-state index contributed by atoms with van der Waals surface area (Å²) in [6.45, 7) is 0. The molecule has 0 unspecified atom stereocenters. The van der Waals surface area contributed by atoms with Crippen molar-refractivity contribution in [1.29, 1.82) is 0 Å². The number of hydrogen-bond donors (Lipinski definition) is 1. The molecule has 2 N–H and O–H groups in total. The molecule has 0 saturated carbocycles. The predicted octanol–water partition coefficient (Wildman–Crippen LogP) is 1.67. The van der Waals surface area contributed by atoms with Gasteiger partial charge >= 0.3 is 0 Å². The van der Waals surface area contributed by atoms with Crippen LogP contribution in [0.25, 0.3) is 0 Å². The molecule has 15 heavy (non-hydrogen) atoms. The molecule has 2 rings (SSSR count). The average Bonchev–Trinajstić information content (AvgIpc) is 2.18. The number of fused-ring (bicyclic) bond motifs is 1. The van der Waals surface area contributed by atoms with Gasteiger partial charge in [-0.2, -0.15) is 0 Å². The smallest absolute Gasteiger partial charge is 0.248 e. The van der Waals surface area contributed by atoms with E-state index in [0.717, 1.165) is 25.7 Å². The maximum Gasteiger partial charge on any atom is 0.248 e. The van der Waals surface area contributed by atoms with Crippen LogP contribution in [0.4, 0.5) is 0 Å². The third-order valence-corrected chi connectivity index (χ3v) is 2.65. The molecule has 0 heterocycles. The maximum atomic E-state index is 11.0. The van der Waals surface area contributed by atoms with Crippen molar-refractivity contribution in [2.45, 2.75) is 25.7 Å². The van der Waals surface area contributed by atoms with Crippen LogP contribution in [-0.4, -0.2) is 5.91 Å². The Balaban J connectivity index is 2.36. The van der Waals surface area contributed by atoms with Crippen LogP contribution in [-0.2, 0) is 12.8 Å². The number of aryl methyl sites for hydroxylation is 2. The number of amides is 1. The summed E-state index contributed by atoms with van der Waals surface area (Å²) in [5.74, 6) is 5.88. The van der Waals surface area contributed by atoms with Crippen molar-refractivity contribution in [3.8, 4) is 11.8 Å². The first-order chi connectivity index (χ1) is 7.27. The monoisotopic (exact) mass is 199 g/mol. The van der Waals surface area contributed by atoms with E-state index in [4.69, 9.17) is 5.73 Å². The van der Waals surface area contributed by atoms with Gasteiger partial charge in [0.2, 0.25) is 5.91 Å². The van der Waals surface area contributed by atoms with Gasteiger partial charge in [0.15, 0.2) is 0 Å². The average molecular weight is 199 g/mol. The van der Waals surface area contributed by atoms with Crippen LogP contribution in [0.5, 0.6) is 0 Å². The number of carbonyl (C=O) groups is 1. The van der Waals surface area contributed by atoms with E-state index >= 15 is 0 Å². The van der Waals surface area contributed by atoms with Crippen LogP contribution >= 0.6 is 0 Å². The minimum Gasteiger partial charge on any atom is -0.366 e. The Labute approximate surface area is 89.5 Å². The van der Waals surface area contributed by atoms with E-state index in [-0.39, 0.29) is 5.91 Å². The molecule has 0 bridgehead atoms. The SMILES string of the molecule is NC(=O)c1ccc2c(c1)CCC#CCC2. The van der Waals surface area contributed by atoms with Crippen molar-refractivity contribution < 1.29 is 4.79 Å². The molecule has 0 aliphatic heterocycles. The number of carbonyl (C=O) groups excluding carboxylic acids is 1. The molecule has 2 nitrogen and oxygen atoms in total. The van der Waals surface area contributed by atoms with Gasteiger partial charge in [-0.25, -0.2) is 0 Å². The highest BCUT2D eigenvalue weighted by atomic mass is 16.1. The van der Waals surface area contributed by atoms with Gasteiger partial charge in [0.05, 0.1) is 0 Å². The Bertz CT molecular complexity index is 451. The lowest BCUT2D eigenvalue weighted by Gasteiger charge is -2.10. The molecule has 1 aromatic carbocycles. The van der Waals surface area contributed by atoms with E-state index in [1.165, 1.54) is 11.1 Å². The zero-order valence-corrected chi connectivity index (χ0v) is 8.55. The summed E-state index contributed by atoms with van der Waals surface area (Å²) in [5.41, 5.74) is 8.37. The maximum absolute atomic E-state index is 11.0. The Morgan fingerprint density at radius 2 is 1.80 bits per heavy atom. The van der Waals surface area contributed by atoms with Crippen molar-refractivity contribution in [2.24, 2.45) is 5.73 Å². The third-order valence-electron chi connectivity index (χ3n) is 2.65. The molecule has 0 aromatic heterocycles. The molecule has 0 atom stereocenters. The van der Waals surface area contributed by atoms with E-state index in [0.29, 0.717) is 5.56 Å².